The molecule has 100 valence electrons. The summed E-state index contributed by atoms with van der Waals surface area (Å²) < 4.78 is 5.81. The summed E-state index contributed by atoms with van der Waals surface area (Å²) in [6, 6.07) is 7.45. The van der Waals surface area contributed by atoms with Crippen molar-refractivity contribution >= 4 is 23.5 Å². The van der Waals surface area contributed by atoms with Gasteiger partial charge in [0, 0.05) is 10.6 Å². The third-order valence-corrected chi connectivity index (χ3v) is 3.96. The van der Waals surface area contributed by atoms with Crippen molar-refractivity contribution in [3.63, 3.8) is 0 Å². The van der Waals surface area contributed by atoms with Gasteiger partial charge in [0.15, 0.2) is 0 Å². The lowest BCUT2D eigenvalue weighted by molar-refractivity contribution is -0.143. The summed E-state index contributed by atoms with van der Waals surface area (Å²) >= 11 is 5.95. The molecule has 1 fully saturated rings. The van der Waals surface area contributed by atoms with Crippen LogP contribution in [-0.4, -0.2) is 29.1 Å². The van der Waals surface area contributed by atoms with Crippen LogP contribution in [-0.2, 0) is 9.53 Å². The summed E-state index contributed by atoms with van der Waals surface area (Å²) in [6.45, 7) is 0. The van der Waals surface area contributed by atoms with Gasteiger partial charge in [-0.05, 0) is 37.5 Å². The molecule has 19 heavy (non-hydrogen) atoms. The second-order valence-electron chi connectivity index (χ2n) is 5.02. The number of carbonyl (C=O) groups is 1. The number of carboxylic acid groups (broad SMARTS) is 1. The predicted octanol–water partition coefficient (Wildman–Crippen LogP) is 2.74. The van der Waals surface area contributed by atoms with Crippen molar-refractivity contribution in [1.29, 1.82) is 0 Å². The molecule has 0 spiro atoms. The number of fused-ring (bicyclic) bond motifs is 1. The summed E-state index contributed by atoms with van der Waals surface area (Å²) in [6.07, 6.45) is 1.87. The molecule has 0 saturated heterocycles. The number of aliphatic imine (C=N–C) groups is 1. The van der Waals surface area contributed by atoms with Crippen LogP contribution < -0.4 is 0 Å². The summed E-state index contributed by atoms with van der Waals surface area (Å²) in [5, 5.41) is 9.71. The fraction of sp³-hybridized carbons (Fsp3) is 0.429. The predicted molar refractivity (Wildman–Crippen MR) is 71.6 cm³/mol. The molecule has 1 heterocycles. The van der Waals surface area contributed by atoms with Gasteiger partial charge < -0.3 is 9.84 Å². The van der Waals surface area contributed by atoms with Gasteiger partial charge in [0.25, 0.3) is 0 Å². The van der Waals surface area contributed by atoms with Gasteiger partial charge in [-0.2, -0.15) is 0 Å². The second-order valence-corrected chi connectivity index (χ2v) is 5.45. The van der Waals surface area contributed by atoms with Crippen LogP contribution in [0, 0.1) is 5.92 Å². The molecule has 3 atom stereocenters. The number of ether oxygens (including phenoxy) is 1. The lowest BCUT2D eigenvalue weighted by Gasteiger charge is -2.26. The van der Waals surface area contributed by atoms with E-state index < -0.39 is 5.97 Å². The van der Waals surface area contributed by atoms with E-state index in [9.17, 15) is 4.79 Å². The average Bonchev–Trinajstić information content (AvgIpc) is 2.81. The number of nitrogens with zero attached hydrogens (tertiary/aromatic N) is 1. The molecular weight excluding hydrogens is 266 g/mol. The van der Waals surface area contributed by atoms with E-state index >= 15 is 0 Å². The molecule has 0 bridgehead atoms. The monoisotopic (exact) mass is 279 g/mol. The van der Waals surface area contributed by atoms with Crippen molar-refractivity contribution in [2.45, 2.75) is 31.4 Å². The Balaban J connectivity index is 1.77. The molecule has 4 nitrogen and oxygen atoms in total. The highest BCUT2D eigenvalue weighted by molar-refractivity contribution is 6.30. The highest BCUT2D eigenvalue weighted by Crippen LogP contribution is 2.33. The van der Waals surface area contributed by atoms with Crippen molar-refractivity contribution in [2.75, 3.05) is 0 Å². The highest BCUT2D eigenvalue weighted by atomic mass is 35.5. The first kappa shape index (κ1) is 12.5. The van der Waals surface area contributed by atoms with Crippen LogP contribution >= 0.6 is 11.6 Å². The van der Waals surface area contributed by atoms with Crippen LogP contribution in [0.5, 0.6) is 0 Å². The Bertz CT molecular complexity index is 543. The summed E-state index contributed by atoms with van der Waals surface area (Å²) in [5.74, 6) is -0.461. The third kappa shape index (κ3) is 2.45. The SMILES string of the molecule is O=C(O)C1CCC2N=C(c3cccc(Cl)c3)OC2C1. The maximum atomic E-state index is 11.0. The number of carboxylic acids is 1. The number of hydrogen-bond acceptors (Lipinski definition) is 3. The van der Waals surface area contributed by atoms with Gasteiger partial charge >= 0.3 is 5.97 Å². The fourth-order valence-electron chi connectivity index (χ4n) is 2.70. The molecule has 1 aliphatic carbocycles. The van der Waals surface area contributed by atoms with E-state index in [-0.39, 0.29) is 18.1 Å². The van der Waals surface area contributed by atoms with Gasteiger partial charge in [-0.15, -0.1) is 0 Å². The zero-order valence-corrected chi connectivity index (χ0v) is 11.0. The second kappa shape index (κ2) is 4.85. The Hall–Kier alpha value is -1.55. The first-order valence-electron chi connectivity index (χ1n) is 6.36. The van der Waals surface area contributed by atoms with E-state index in [4.69, 9.17) is 21.4 Å². The molecule has 0 amide bonds. The van der Waals surface area contributed by atoms with Crippen molar-refractivity contribution in [2.24, 2.45) is 10.9 Å². The van der Waals surface area contributed by atoms with Gasteiger partial charge in [-0.1, -0.05) is 17.7 Å². The molecular formula is C14H14ClNO3. The number of rotatable bonds is 2. The van der Waals surface area contributed by atoms with E-state index in [1.54, 1.807) is 6.07 Å². The van der Waals surface area contributed by atoms with Crippen LogP contribution in [0.1, 0.15) is 24.8 Å². The Labute approximate surface area is 116 Å². The number of aliphatic carboxylic acids is 1. The molecule has 0 radical (unpaired) electrons. The van der Waals surface area contributed by atoms with E-state index in [0.717, 1.165) is 12.0 Å². The van der Waals surface area contributed by atoms with Crippen LogP contribution in [0.15, 0.2) is 29.3 Å². The number of halogens is 1. The number of benzene rings is 1. The Morgan fingerprint density at radius 3 is 3.00 bits per heavy atom. The quantitative estimate of drug-likeness (QED) is 0.905. The summed E-state index contributed by atoms with van der Waals surface area (Å²) in [7, 11) is 0. The lowest BCUT2D eigenvalue weighted by Crippen LogP contribution is -2.34. The van der Waals surface area contributed by atoms with Crippen molar-refractivity contribution in [3.05, 3.63) is 34.9 Å². The van der Waals surface area contributed by atoms with E-state index in [1.165, 1.54) is 0 Å². The van der Waals surface area contributed by atoms with Gasteiger partial charge in [-0.3, -0.25) is 4.79 Å². The van der Waals surface area contributed by atoms with Gasteiger partial charge in [0.1, 0.15) is 6.10 Å². The largest absolute Gasteiger partial charge is 0.481 e. The van der Waals surface area contributed by atoms with Gasteiger partial charge in [-0.25, -0.2) is 4.99 Å². The molecule has 1 aromatic rings. The zero-order valence-electron chi connectivity index (χ0n) is 10.3. The first-order chi connectivity index (χ1) is 9.13. The normalized spacial score (nSPS) is 29.3. The summed E-state index contributed by atoms with van der Waals surface area (Å²) in [4.78, 5) is 15.6. The van der Waals surface area contributed by atoms with Crippen LogP contribution in [0.3, 0.4) is 0 Å². The van der Waals surface area contributed by atoms with Crippen molar-refractivity contribution < 1.29 is 14.6 Å². The van der Waals surface area contributed by atoms with Crippen molar-refractivity contribution in [1.82, 2.24) is 0 Å². The first-order valence-corrected chi connectivity index (χ1v) is 6.74. The highest BCUT2D eigenvalue weighted by Gasteiger charge is 2.39. The van der Waals surface area contributed by atoms with Crippen LogP contribution in [0.25, 0.3) is 0 Å². The average molecular weight is 280 g/mol. The lowest BCUT2D eigenvalue weighted by atomic mass is 9.84. The number of hydrogen-bond donors (Lipinski definition) is 1. The van der Waals surface area contributed by atoms with E-state index in [2.05, 4.69) is 4.99 Å². The minimum Gasteiger partial charge on any atom is -0.481 e. The standard InChI is InChI=1S/C14H14ClNO3/c15-10-3-1-2-8(6-10)13-16-11-5-4-9(14(17)18)7-12(11)19-13/h1-3,6,9,11-12H,4-5,7H2,(H,17,18). The smallest absolute Gasteiger partial charge is 0.306 e. The van der Waals surface area contributed by atoms with Gasteiger partial charge in [0.05, 0.1) is 12.0 Å². The summed E-state index contributed by atoms with van der Waals surface area (Å²) in [5.41, 5.74) is 0.855. The van der Waals surface area contributed by atoms with Gasteiger partial charge in [0.2, 0.25) is 5.90 Å². The Kier molecular flexibility index (Phi) is 3.19. The minimum atomic E-state index is -0.738. The minimum absolute atomic E-state index is 0.0876. The third-order valence-electron chi connectivity index (χ3n) is 3.72. The maximum Gasteiger partial charge on any atom is 0.306 e. The molecule has 0 aromatic heterocycles. The Morgan fingerprint density at radius 1 is 1.42 bits per heavy atom. The molecule has 1 aliphatic heterocycles. The molecule has 1 N–H and O–H groups in total. The van der Waals surface area contributed by atoms with Crippen molar-refractivity contribution in [3.8, 4) is 0 Å². The Morgan fingerprint density at radius 2 is 2.26 bits per heavy atom. The fourth-order valence-corrected chi connectivity index (χ4v) is 2.89. The molecule has 3 unspecified atom stereocenters. The molecule has 5 heteroatoms. The molecule has 3 rings (SSSR count). The molecule has 2 aliphatic rings. The van der Waals surface area contributed by atoms with E-state index in [1.807, 2.05) is 18.2 Å². The molecule has 1 aromatic carbocycles. The zero-order chi connectivity index (χ0) is 13.4. The van der Waals surface area contributed by atoms with Crippen LogP contribution in [0.4, 0.5) is 0 Å². The van der Waals surface area contributed by atoms with Crippen LogP contribution in [0.2, 0.25) is 5.02 Å². The topological polar surface area (TPSA) is 58.9 Å². The maximum absolute atomic E-state index is 11.0. The molecule has 1 saturated carbocycles. The van der Waals surface area contributed by atoms with E-state index in [0.29, 0.717) is 23.8 Å².